The third kappa shape index (κ3) is 3.94. The highest BCUT2D eigenvalue weighted by atomic mass is 32.2. The van der Waals surface area contributed by atoms with Crippen molar-refractivity contribution in [1.29, 1.82) is 0 Å². The van der Waals surface area contributed by atoms with E-state index >= 15 is 0 Å². The Morgan fingerprint density at radius 2 is 2.00 bits per heavy atom. The molecule has 0 saturated heterocycles. The number of hydrogen-bond donors (Lipinski definition) is 1. The van der Waals surface area contributed by atoms with E-state index in [1.807, 2.05) is 13.8 Å². The van der Waals surface area contributed by atoms with Gasteiger partial charge in [0, 0.05) is 26.8 Å². The molecule has 0 aromatic carbocycles. The Kier molecular flexibility index (Phi) is 4.41. The van der Waals surface area contributed by atoms with Gasteiger partial charge in [0.15, 0.2) is 0 Å². The van der Waals surface area contributed by atoms with Gasteiger partial charge in [0.2, 0.25) is 10.0 Å². The lowest BCUT2D eigenvalue weighted by molar-refractivity contribution is 0.521. The maximum absolute atomic E-state index is 11.5. The summed E-state index contributed by atoms with van der Waals surface area (Å²) in [6, 6.07) is 0. The molecule has 17 heavy (non-hydrogen) atoms. The minimum Gasteiger partial charge on any atom is -0.367 e. The number of aromatic nitrogens is 2. The van der Waals surface area contributed by atoms with Crippen molar-refractivity contribution >= 4 is 15.8 Å². The molecule has 0 spiro atoms. The topological polar surface area (TPSA) is 75.2 Å². The highest BCUT2D eigenvalue weighted by molar-refractivity contribution is 7.89. The zero-order chi connectivity index (χ0) is 13.1. The molecular formula is C10H18N4O2S. The number of rotatable bonds is 5. The molecule has 7 heteroatoms. The highest BCUT2D eigenvalue weighted by Crippen LogP contribution is 2.08. The van der Waals surface area contributed by atoms with E-state index in [4.69, 9.17) is 0 Å². The molecule has 0 unspecified atom stereocenters. The summed E-state index contributed by atoms with van der Waals surface area (Å²) in [6.07, 6.45) is 1.68. The molecule has 1 heterocycles. The lowest BCUT2D eigenvalue weighted by Gasteiger charge is -2.12. The molecular weight excluding hydrogens is 240 g/mol. The summed E-state index contributed by atoms with van der Waals surface area (Å²) in [5, 5.41) is 2.99. The lowest BCUT2D eigenvalue weighted by atomic mass is 10.4. The Balaban J connectivity index is 2.60. The smallest absolute Gasteiger partial charge is 0.215 e. The average molecular weight is 258 g/mol. The van der Waals surface area contributed by atoms with Crippen LogP contribution in [0.3, 0.4) is 0 Å². The number of hydrogen-bond acceptors (Lipinski definition) is 5. The van der Waals surface area contributed by atoms with Crippen LogP contribution >= 0.6 is 0 Å². The number of anilines is 1. The predicted octanol–water partition coefficient (Wildman–Crippen LogP) is 0.397. The minimum atomic E-state index is -3.17. The molecule has 1 aromatic rings. The molecule has 0 amide bonds. The summed E-state index contributed by atoms with van der Waals surface area (Å²) < 4.78 is 24.3. The van der Waals surface area contributed by atoms with E-state index in [1.54, 1.807) is 6.20 Å². The van der Waals surface area contributed by atoms with Gasteiger partial charge in [0.1, 0.15) is 5.82 Å². The first-order valence-electron chi connectivity index (χ1n) is 5.27. The largest absolute Gasteiger partial charge is 0.367 e. The molecule has 1 N–H and O–H groups in total. The second-order valence-corrected chi connectivity index (χ2v) is 6.27. The van der Waals surface area contributed by atoms with Crippen LogP contribution in [0.15, 0.2) is 6.20 Å². The monoisotopic (exact) mass is 258 g/mol. The van der Waals surface area contributed by atoms with Crippen molar-refractivity contribution in [2.24, 2.45) is 0 Å². The number of nitrogens with one attached hydrogen (secondary N) is 1. The molecule has 0 aliphatic carbocycles. The van der Waals surface area contributed by atoms with Crippen LogP contribution in [0, 0.1) is 13.8 Å². The van der Waals surface area contributed by atoms with Gasteiger partial charge in [-0.05, 0) is 13.8 Å². The van der Waals surface area contributed by atoms with Crippen LogP contribution in [0.2, 0.25) is 0 Å². The van der Waals surface area contributed by atoms with Gasteiger partial charge in [-0.3, -0.25) is 4.98 Å². The van der Waals surface area contributed by atoms with Crippen LogP contribution in [0.25, 0.3) is 0 Å². The summed E-state index contributed by atoms with van der Waals surface area (Å²) in [7, 11) is -0.127. The fraction of sp³-hybridized carbons (Fsp3) is 0.600. The fourth-order valence-electron chi connectivity index (χ4n) is 1.19. The Labute approximate surface area is 102 Å². The zero-order valence-corrected chi connectivity index (χ0v) is 11.4. The van der Waals surface area contributed by atoms with E-state index in [9.17, 15) is 8.42 Å². The van der Waals surface area contributed by atoms with Gasteiger partial charge >= 0.3 is 0 Å². The maximum Gasteiger partial charge on any atom is 0.215 e. The predicted molar refractivity (Wildman–Crippen MR) is 67.5 cm³/mol. The Hall–Kier alpha value is -1.21. The van der Waals surface area contributed by atoms with Gasteiger partial charge in [-0.25, -0.2) is 17.7 Å². The Morgan fingerprint density at radius 1 is 1.35 bits per heavy atom. The highest BCUT2D eigenvalue weighted by Gasteiger charge is 2.13. The fourth-order valence-corrected chi connectivity index (χ4v) is 1.91. The summed E-state index contributed by atoms with van der Waals surface area (Å²) in [6.45, 7) is 3.99. The molecule has 96 valence electrons. The van der Waals surface area contributed by atoms with E-state index in [1.165, 1.54) is 18.4 Å². The van der Waals surface area contributed by atoms with Crippen LogP contribution in [0.1, 0.15) is 11.4 Å². The van der Waals surface area contributed by atoms with Crippen molar-refractivity contribution in [3.8, 4) is 0 Å². The van der Waals surface area contributed by atoms with E-state index in [-0.39, 0.29) is 5.75 Å². The van der Waals surface area contributed by atoms with Crippen molar-refractivity contribution in [2.45, 2.75) is 13.8 Å². The van der Waals surface area contributed by atoms with Gasteiger partial charge in [0.05, 0.1) is 17.1 Å². The second kappa shape index (κ2) is 5.42. The molecule has 6 nitrogen and oxygen atoms in total. The van der Waals surface area contributed by atoms with Crippen molar-refractivity contribution < 1.29 is 8.42 Å². The van der Waals surface area contributed by atoms with Gasteiger partial charge in [-0.15, -0.1) is 0 Å². The van der Waals surface area contributed by atoms with E-state index < -0.39 is 10.0 Å². The summed E-state index contributed by atoms with van der Waals surface area (Å²) >= 11 is 0. The first-order valence-corrected chi connectivity index (χ1v) is 6.88. The minimum absolute atomic E-state index is 0.0368. The molecule has 1 aromatic heterocycles. The van der Waals surface area contributed by atoms with Crippen LogP contribution in [-0.2, 0) is 10.0 Å². The SMILES string of the molecule is Cc1cnc(C)c(NCCS(=O)(=O)N(C)C)n1. The maximum atomic E-state index is 11.5. The van der Waals surface area contributed by atoms with Gasteiger partial charge < -0.3 is 5.32 Å². The van der Waals surface area contributed by atoms with Crippen LogP contribution in [0.4, 0.5) is 5.82 Å². The molecule has 0 atom stereocenters. The zero-order valence-electron chi connectivity index (χ0n) is 10.6. The normalized spacial score (nSPS) is 11.8. The quantitative estimate of drug-likeness (QED) is 0.827. The third-order valence-electron chi connectivity index (χ3n) is 2.28. The van der Waals surface area contributed by atoms with Crippen molar-refractivity contribution in [3.63, 3.8) is 0 Å². The number of aryl methyl sites for hydroxylation is 2. The van der Waals surface area contributed by atoms with Crippen molar-refractivity contribution in [1.82, 2.24) is 14.3 Å². The molecule has 0 saturated carbocycles. The van der Waals surface area contributed by atoms with Crippen molar-refractivity contribution in [2.75, 3.05) is 31.7 Å². The molecule has 0 bridgehead atoms. The Morgan fingerprint density at radius 3 is 2.59 bits per heavy atom. The van der Waals surface area contributed by atoms with Crippen LogP contribution in [-0.4, -0.2) is 49.1 Å². The van der Waals surface area contributed by atoms with Crippen LogP contribution in [0.5, 0.6) is 0 Å². The van der Waals surface area contributed by atoms with E-state index in [0.717, 1.165) is 11.4 Å². The first kappa shape index (κ1) is 13.9. The van der Waals surface area contributed by atoms with Crippen molar-refractivity contribution in [3.05, 3.63) is 17.6 Å². The molecule has 0 fully saturated rings. The van der Waals surface area contributed by atoms with E-state index in [0.29, 0.717) is 12.4 Å². The number of nitrogens with zero attached hydrogens (tertiary/aromatic N) is 3. The summed E-state index contributed by atoms with van der Waals surface area (Å²) in [4.78, 5) is 8.40. The molecule has 0 aliphatic rings. The standard InChI is InChI=1S/C10H18N4O2S/c1-8-7-12-9(2)10(13-8)11-5-6-17(15,16)14(3)4/h7H,5-6H2,1-4H3,(H,11,13). The second-order valence-electron chi connectivity index (χ2n) is 3.97. The average Bonchev–Trinajstić information content (AvgIpc) is 2.22. The molecule has 0 aliphatic heterocycles. The summed E-state index contributed by atoms with van der Waals surface area (Å²) in [5.41, 5.74) is 1.56. The molecule has 1 rings (SSSR count). The van der Waals surface area contributed by atoms with E-state index in [2.05, 4.69) is 15.3 Å². The van der Waals surface area contributed by atoms with Gasteiger partial charge in [-0.2, -0.15) is 0 Å². The lowest BCUT2D eigenvalue weighted by Crippen LogP contribution is -2.28. The number of sulfonamides is 1. The Bertz CT molecular complexity index is 485. The first-order chi connectivity index (χ1) is 7.83. The summed E-state index contributed by atoms with van der Waals surface area (Å²) in [5.74, 6) is 0.675. The molecule has 0 radical (unpaired) electrons. The van der Waals surface area contributed by atoms with Gasteiger partial charge in [-0.1, -0.05) is 0 Å². The van der Waals surface area contributed by atoms with Gasteiger partial charge in [0.25, 0.3) is 0 Å². The van der Waals surface area contributed by atoms with Crippen LogP contribution < -0.4 is 5.32 Å². The third-order valence-corrected chi connectivity index (χ3v) is 4.12.